The van der Waals surface area contributed by atoms with E-state index in [1.54, 1.807) is 0 Å². The number of hydrogen-bond donors (Lipinski definition) is 1. The van der Waals surface area contributed by atoms with Crippen LogP contribution in [0.15, 0.2) is 0 Å². The van der Waals surface area contributed by atoms with E-state index in [-0.39, 0.29) is 12.0 Å². The lowest BCUT2D eigenvalue weighted by Gasteiger charge is -2.27. The van der Waals surface area contributed by atoms with Crippen LogP contribution < -0.4 is 5.32 Å². The first kappa shape index (κ1) is 8.97. The quantitative estimate of drug-likeness (QED) is 0.544. The summed E-state index contributed by atoms with van der Waals surface area (Å²) < 4.78 is 5.37. The van der Waals surface area contributed by atoms with Crippen LogP contribution in [-0.2, 0) is 9.53 Å². The van der Waals surface area contributed by atoms with Crippen molar-refractivity contribution in [3.63, 3.8) is 0 Å². The first-order valence-electron chi connectivity index (χ1n) is 5.10. The van der Waals surface area contributed by atoms with E-state index in [1.807, 2.05) is 4.90 Å². The van der Waals surface area contributed by atoms with Crippen LogP contribution in [0.5, 0.6) is 0 Å². The minimum atomic E-state index is -0.127. The second kappa shape index (κ2) is 4.07. The number of carbonyl (C=O) groups is 1. The fourth-order valence-electron chi connectivity index (χ4n) is 1.95. The van der Waals surface area contributed by atoms with Crippen molar-refractivity contribution >= 4 is 5.91 Å². The lowest BCUT2D eigenvalue weighted by molar-refractivity contribution is -0.662. The summed E-state index contributed by atoms with van der Waals surface area (Å²) in [6.07, 6.45) is 1.83. The second-order valence-corrected chi connectivity index (χ2v) is 3.69. The van der Waals surface area contributed by atoms with Gasteiger partial charge >= 0.3 is 0 Å². The number of amides is 1. The molecule has 2 fully saturated rings. The van der Waals surface area contributed by atoms with Crippen LogP contribution in [0.4, 0.5) is 0 Å². The van der Waals surface area contributed by atoms with Gasteiger partial charge in [-0.15, -0.1) is 0 Å². The molecule has 4 nitrogen and oxygen atoms in total. The van der Waals surface area contributed by atoms with Gasteiger partial charge in [0.15, 0.2) is 0 Å². The molecular weight excluding hydrogens is 168 g/mol. The van der Waals surface area contributed by atoms with Gasteiger partial charge in [-0.2, -0.15) is 0 Å². The number of hydrogen-bond acceptors (Lipinski definition) is 2. The molecule has 0 radical (unpaired) electrons. The van der Waals surface area contributed by atoms with Crippen LogP contribution in [0.25, 0.3) is 0 Å². The highest BCUT2D eigenvalue weighted by Gasteiger charge is 2.29. The van der Waals surface area contributed by atoms with Crippen molar-refractivity contribution in [2.45, 2.75) is 18.9 Å². The van der Waals surface area contributed by atoms with Gasteiger partial charge in [0.1, 0.15) is 6.10 Å². The first-order valence-corrected chi connectivity index (χ1v) is 5.10. The Morgan fingerprint density at radius 2 is 2.15 bits per heavy atom. The zero-order chi connectivity index (χ0) is 9.10. The Balaban J connectivity index is 1.87. The van der Waals surface area contributed by atoms with Crippen molar-refractivity contribution in [1.29, 1.82) is 0 Å². The molecule has 1 atom stereocenters. The topological polar surface area (TPSA) is 46.1 Å². The van der Waals surface area contributed by atoms with E-state index in [0.717, 1.165) is 45.6 Å². The van der Waals surface area contributed by atoms with Crippen molar-refractivity contribution in [3.05, 3.63) is 0 Å². The summed E-state index contributed by atoms with van der Waals surface area (Å²) in [5.74, 6) is 0.214. The predicted octanol–water partition coefficient (Wildman–Crippen LogP) is -1.43. The average Bonchev–Trinajstić information content (AvgIpc) is 2.71. The minimum absolute atomic E-state index is 0.127. The molecule has 4 heteroatoms. The molecule has 0 aromatic carbocycles. The van der Waals surface area contributed by atoms with E-state index >= 15 is 0 Å². The number of nitrogens with two attached hydrogens (primary N) is 1. The Morgan fingerprint density at radius 3 is 2.77 bits per heavy atom. The molecule has 74 valence electrons. The SMILES string of the molecule is O=C([C@H]1CCCO1)N1CC[NH2+]CC1. The molecule has 0 bridgehead atoms. The molecule has 0 saturated carbocycles. The van der Waals surface area contributed by atoms with Crippen molar-refractivity contribution in [2.75, 3.05) is 32.8 Å². The minimum Gasteiger partial charge on any atom is -0.368 e. The van der Waals surface area contributed by atoms with E-state index < -0.39 is 0 Å². The number of quaternary nitrogens is 1. The summed E-state index contributed by atoms with van der Waals surface area (Å²) in [4.78, 5) is 13.7. The molecule has 1 amide bonds. The molecule has 2 N–H and O–H groups in total. The Morgan fingerprint density at radius 1 is 1.38 bits per heavy atom. The van der Waals surface area contributed by atoms with Crippen molar-refractivity contribution in [2.24, 2.45) is 0 Å². The van der Waals surface area contributed by atoms with Gasteiger partial charge in [-0.3, -0.25) is 4.79 Å². The largest absolute Gasteiger partial charge is 0.368 e. The van der Waals surface area contributed by atoms with Gasteiger partial charge in [0.25, 0.3) is 5.91 Å². The number of ether oxygens (including phenoxy) is 1. The molecule has 2 aliphatic rings. The van der Waals surface area contributed by atoms with Gasteiger partial charge in [-0.05, 0) is 12.8 Å². The third-order valence-electron chi connectivity index (χ3n) is 2.72. The zero-order valence-electron chi connectivity index (χ0n) is 7.87. The molecule has 2 rings (SSSR count). The van der Waals surface area contributed by atoms with Gasteiger partial charge < -0.3 is 15.0 Å². The molecule has 2 saturated heterocycles. The highest BCUT2D eigenvalue weighted by atomic mass is 16.5. The van der Waals surface area contributed by atoms with Gasteiger partial charge in [0.05, 0.1) is 26.2 Å². The van der Waals surface area contributed by atoms with Gasteiger partial charge in [0.2, 0.25) is 0 Å². The van der Waals surface area contributed by atoms with Gasteiger partial charge in [-0.25, -0.2) is 0 Å². The first-order chi connectivity index (χ1) is 6.38. The Labute approximate surface area is 78.2 Å². The predicted molar refractivity (Wildman–Crippen MR) is 47.2 cm³/mol. The number of rotatable bonds is 1. The van der Waals surface area contributed by atoms with Crippen LogP contribution >= 0.6 is 0 Å². The van der Waals surface area contributed by atoms with Crippen LogP contribution in [0.1, 0.15) is 12.8 Å². The molecule has 2 heterocycles. The third kappa shape index (κ3) is 2.00. The van der Waals surface area contributed by atoms with E-state index in [0.29, 0.717) is 0 Å². The van der Waals surface area contributed by atoms with E-state index in [9.17, 15) is 4.79 Å². The number of nitrogens with zero attached hydrogens (tertiary/aromatic N) is 1. The molecule has 0 aromatic heterocycles. The van der Waals surface area contributed by atoms with Crippen LogP contribution in [0.2, 0.25) is 0 Å². The normalized spacial score (nSPS) is 29.2. The maximum Gasteiger partial charge on any atom is 0.252 e. The molecular formula is C9H17N2O2+. The maximum absolute atomic E-state index is 11.8. The highest BCUT2D eigenvalue weighted by Crippen LogP contribution is 2.14. The Kier molecular flexibility index (Phi) is 2.80. The zero-order valence-corrected chi connectivity index (χ0v) is 7.87. The number of piperazine rings is 1. The molecule has 13 heavy (non-hydrogen) atoms. The van der Waals surface area contributed by atoms with E-state index in [4.69, 9.17) is 4.74 Å². The van der Waals surface area contributed by atoms with Gasteiger partial charge in [-0.1, -0.05) is 0 Å². The summed E-state index contributed by atoms with van der Waals surface area (Å²) in [6, 6.07) is 0. The summed E-state index contributed by atoms with van der Waals surface area (Å²) in [7, 11) is 0. The van der Waals surface area contributed by atoms with Crippen LogP contribution in [0.3, 0.4) is 0 Å². The van der Waals surface area contributed by atoms with Crippen LogP contribution in [0, 0.1) is 0 Å². The lowest BCUT2D eigenvalue weighted by Crippen LogP contribution is -2.90. The summed E-state index contributed by atoms with van der Waals surface area (Å²) in [5, 5.41) is 2.25. The lowest BCUT2D eigenvalue weighted by atomic mass is 10.2. The smallest absolute Gasteiger partial charge is 0.252 e. The maximum atomic E-state index is 11.8. The molecule has 0 aliphatic carbocycles. The Hall–Kier alpha value is -0.610. The molecule has 0 unspecified atom stereocenters. The summed E-state index contributed by atoms with van der Waals surface area (Å²) >= 11 is 0. The van der Waals surface area contributed by atoms with E-state index in [1.165, 1.54) is 0 Å². The molecule has 2 aliphatic heterocycles. The monoisotopic (exact) mass is 185 g/mol. The molecule has 0 spiro atoms. The van der Waals surface area contributed by atoms with Crippen molar-refractivity contribution in [3.8, 4) is 0 Å². The highest BCUT2D eigenvalue weighted by molar-refractivity contribution is 5.81. The standard InChI is InChI=1S/C9H16N2O2/c12-9(8-2-1-7-13-8)11-5-3-10-4-6-11/h8,10H,1-7H2/p+1/t8-/m1/s1. The van der Waals surface area contributed by atoms with Gasteiger partial charge in [0, 0.05) is 6.61 Å². The number of carbonyl (C=O) groups excluding carboxylic acids is 1. The average molecular weight is 185 g/mol. The fraction of sp³-hybridized carbons (Fsp3) is 0.889. The fourth-order valence-corrected chi connectivity index (χ4v) is 1.95. The molecule has 0 aromatic rings. The summed E-state index contributed by atoms with van der Waals surface area (Å²) in [6.45, 7) is 4.62. The summed E-state index contributed by atoms with van der Waals surface area (Å²) in [5.41, 5.74) is 0. The van der Waals surface area contributed by atoms with Crippen LogP contribution in [-0.4, -0.2) is 49.7 Å². The van der Waals surface area contributed by atoms with E-state index in [2.05, 4.69) is 5.32 Å². The second-order valence-electron chi connectivity index (χ2n) is 3.69. The Bertz CT molecular complexity index is 184. The van der Waals surface area contributed by atoms with Crippen molar-refractivity contribution < 1.29 is 14.8 Å². The van der Waals surface area contributed by atoms with Crippen molar-refractivity contribution in [1.82, 2.24) is 4.90 Å². The third-order valence-corrected chi connectivity index (χ3v) is 2.72.